The Kier molecular flexibility index (Phi) is 5.56. The van der Waals surface area contributed by atoms with E-state index in [0.29, 0.717) is 6.61 Å². The van der Waals surface area contributed by atoms with Gasteiger partial charge in [0.05, 0.1) is 19.4 Å². The lowest BCUT2D eigenvalue weighted by Crippen LogP contribution is -1.92. The molecule has 0 saturated carbocycles. The lowest BCUT2D eigenvalue weighted by Gasteiger charge is -2.05. The third-order valence-corrected chi connectivity index (χ3v) is 4.89. The molecule has 4 nitrogen and oxygen atoms in total. The highest BCUT2D eigenvalue weighted by Crippen LogP contribution is 2.34. The summed E-state index contributed by atoms with van der Waals surface area (Å²) in [4.78, 5) is 6.06. The molecule has 3 aromatic rings. The van der Waals surface area contributed by atoms with Crippen molar-refractivity contribution in [1.82, 2.24) is 4.98 Å². The number of hydrogen-bond acceptors (Lipinski definition) is 5. The number of aromatic nitrogens is 1. The Morgan fingerprint density at radius 2 is 1.84 bits per heavy atom. The van der Waals surface area contributed by atoms with Gasteiger partial charge in [-0.05, 0) is 49.7 Å². The summed E-state index contributed by atoms with van der Waals surface area (Å²) in [5.74, 6) is 1.71. The average Bonchev–Trinajstić information content (AvgIpc) is 3.05. The number of methoxy groups -OCH3 is 1. The molecule has 0 bridgehead atoms. The van der Waals surface area contributed by atoms with Crippen molar-refractivity contribution in [2.45, 2.75) is 20.3 Å². The zero-order valence-electron chi connectivity index (χ0n) is 14.7. The maximum absolute atomic E-state index is 5.52. The molecule has 0 aliphatic heterocycles. The highest BCUT2D eigenvalue weighted by atomic mass is 32.1. The predicted octanol–water partition coefficient (Wildman–Crippen LogP) is 5.52. The molecule has 1 heterocycles. The number of ether oxygens (including phenoxy) is 2. The Balaban J connectivity index is 1.85. The smallest absolute Gasteiger partial charge is 0.187 e. The molecule has 0 aliphatic carbocycles. The number of hydrogen-bond donors (Lipinski definition) is 1. The van der Waals surface area contributed by atoms with Crippen LogP contribution >= 0.6 is 11.3 Å². The molecule has 25 heavy (non-hydrogen) atoms. The van der Waals surface area contributed by atoms with Crippen molar-refractivity contribution in [1.29, 1.82) is 0 Å². The molecule has 0 spiro atoms. The van der Waals surface area contributed by atoms with E-state index in [1.54, 1.807) is 18.4 Å². The fourth-order valence-corrected chi connectivity index (χ4v) is 3.51. The van der Waals surface area contributed by atoms with E-state index in [9.17, 15) is 0 Å². The van der Waals surface area contributed by atoms with Crippen LogP contribution in [-0.4, -0.2) is 18.7 Å². The van der Waals surface area contributed by atoms with Gasteiger partial charge in [-0.3, -0.25) is 0 Å². The summed E-state index contributed by atoms with van der Waals surface area (Å²) in [7, 11) is 1.67. The fourth-order valence-electron chi connectivity index (χ4n) is 2.57. The number of anilines is 2. The first-order valence-electron chi connectivity index (χ1n) is 8.37. The van der Waals surface area contributed by atoms with Crippen molar-refractivity contribution >= 4 is 22.2 Å². The molecule has 0 fully saturated rings. The summed E-state index contributed by atoms with van der Waals surface area (Å²) < 4.78 is 10.8. The second kappa shape index (κ2) is 8.03. The summed E-state index contributed by atoms with van der Waals surface area (Å²) in [5, 5.41) is 4.26. The van der Waals surface area contributed by atoms with Gasteiger partial charge >= 0.3 is 0 Å². The Morgan fingerprint density at radius 3 is 2.52 bits per heavy atom. The van der Waals surface area contributed by atoms with Gasteiger partial charge in [0, 0.05) is 22.2 Å². The largest absolute Gasteiger partial charge is 0.497 e. The Labute approximate surface area is 152 Å². The Bertz CT molecular complexity index is 828. The first-order valence-corrected chi connectivity index (χ1v) is 9.19. The third-order valence-electron chi connectivity index (χ3n) is 3.78. The van der Waals surface area contributed by atoms with E-state index in [4.69, 9.17) is 14.5 Å². The van der Waals surface area contributed by atoms with Crippen LogP contribution in [0.1, 0.15) is 18.7 Å². The predicted molar refractivity (Wildman–Crippen MR) is 104 cm³/mol. The minimum absolute atomic E-state index is 0.671. The van der Waals surface area contributed by atoms with Crippen LogP contribution in [0.25, 0.3) is 11.3 Å². The quantitative estimate of drug-likeness (QED) is 0.606. The van der Waals surface area contributed by atoms with Gasteiger partial charge in [-0.2, -0.15) is 0 Å². The number of benzene rings is 2. The van der Waals surface area contributed by atoms with Crippen LogP contribution in [0, 0.1) is 0 Å². The maximum atomic E-state index is 5.52. The molecular formula is C20H22N2O2S. The monoisotopic (exact) mass is 354 g/mol. The SMILES string of the molecule is CCOc1ccc(-c2nc(Nc3cccc(OC)c3)sc2CC)cc1. The van der Waals surface area contributed by atoms with Crippen LogP contribution in [0.3, 0.4) is 0 Å². The number of thiazole rings is 1. The molecule has 1 N–H and O–H groups in total. The lowest BCUT2D eigenvalue weighted by molar-refractivity contribution is 0.340. The van der Waals surface area contributed by atoms with Crippen LogP contribution in [0.2, 0.25) is 0 Å². The van der Waals surface area contributed by atoms with E-state index >= 15 is 0 Å². The molecule has 0 atom stereocenters. The van der Waals surface area contributed by atoms with Crippen LogP contribution in [0.4, 0.5) is 10.8 Å². The standard InChI is InChI=1S/C20H22N2O2S/c1-4-18-19(14-9-11-16(12-10-14)24-5-2)22-20(25-18)21-15-7-6-8-17(13-15)23-3/h6-13H,4-5H2,1-3H3,(H,21,22). The van der Waals surface area contributed by atoms with Crippen molar-refractivity contribution in [3.05, 3.63) is 53.4 Å². The third kappa shape index (κ3) is 4.12. The lowest BCUT2D eigenvalue weighted by atomic mass is 10.1. The summed E-state index contributed by atoms with van der Waals surface area (Å²) in [6.07, 6.45) is 0.944. The Morgan fingerprint density at radius 1 is 1.04 bits per heavy atom. The van der Waals surface area contributed by atoms with Crippen LogP contribution in [0.5, 0.6) is 11.5 Å². The molecule has 0 saturated heterocycles. The molecule has 3 rings (SSSR count). The van der Waals surface area contributed by atoms with E-state index in [1.165, 1.54) is 4.88 Å². The van der Waals surface area contributed by atoms with E-state index < -0.39 is 0 Å². The molecule has 1 aromatic heterocycles. The van der Waals surface area contributed by atoms with Gasteiger partial charge in [0.25, 0.3) is 0 Å². The normalized spacial score (nSPS) is 10.5. The van der Waals surface area contributed by atoms with Gasteiger partial charge in [-0.1, -0.05) is 13.0 Å². The van der Waals surface area contributed by atoms with Crippen LogP contribution in [0.15, 0.2) is 48.5 Å². The zero-order valence-corrected chi connectivity index (χ0v) is 15.5. The van der Waals surface area contributed by atoms with Crippen molar-refractivity contribution in [3.8, 4) is 22.8 Å². The van der Waals surface area contributed by atoms with Crippen LogP contribution < -0.4 is 14.8 Å². The highest BCUT2D eigenvalue weighted by Gasteiger charge is 2.12. The highest BCUT2D eigenvalue weighted by molar-refractivity contribution is 7.16. The number of nitrogens with one attached hydrogen (secondary N) is 1. The zero-order chi connectivity index (χ0) is 17.6. The summed E-state index contributed by atoms with van der Waals surface area (Å²) >= 11 is 1.68. The van der Waals surface area contributed by atoms with E-state index in [1.807, 2.05) is 43.3 Å². The summed E-state index contributed by atoms with van der Waals surface area (Å²) in [5.41, 5.74) is 3.10. The second-order valence-electron chi connectivity index (χ2n) is 5.46. The number of rotatable bonds is 7. The molecule has 0 radical (unpaired) electrons. The van der Waals surface area contributed by atoms with Gasteiger partial charge in [-0.25, -0.2) is 4.98 Å². The molecule has 0 aliphatic rings. The molecule has 2 aromatic carbocycles. The minimum atomic E-state index is 0.671. The van der Waals surface area contributed by atoms with Gasteiger partial charge in [0.1, 0.15) is 11.5 Å². The van der Waals surface area contributed by atoms with Crippen molar-refractivity contribution in [2.75, 3.05) is 19.0 Å². The maximum Gasteiger partial charge on any atom is 0.187 e. The molecular weight excluding hydrogens is 332 g/mol. The summed E-state index contributed by atoms with van der Waals surface area (Å²) in [6, 6.07) is 16.0. The molecule has 0 amide bonds. The average molecular weight is 354 g/mol. The van der Waals surface area contributed by atoms with Crippen molar-refractivity contribution < 1.29 is 9.47 Å². The van der Waals surface area contributed by atoms with E-state index in [-0.39, 0.29) is 0 Å². The first kappa shape index (κ1) is 17.3. The van der Waals surface area contributed by atoms with Crippen molar-refractivity contribution in [3.63, 3.8) is 0 Å². The van der Waals surface area contributed by atoms with Crippen molar-refractivity contribution in [2.24, 2.45) is 0 Å². The fraction of sp³-hybridized carbons (Fsp3) is 0.250. The first-order chi connectivity index (χ1) is 12.2. The topological polar surface area (TPSA) is 43.4 Å². The van der Waals surface area contributed by atoms with E-state index in [0.717, 1.165) is 40.0 Å². The second-order valence-corrected chi connectivity index (χ2v) is 6.54. The number of aryl methyl sites for hydroxylation is 1. The molecule has 5 heteroatoms. The summed E-state index contributed by atoms with van der Waals surface area (Å²) in [6.45, 7) is 4.81. The van der Waals surface area contributed by atoms with Gasteiger partial charge in [-0.15, -0.1) is 11.3 Å². The van der Waals surface area contributed by atoms with Gasteiger partial charge < -0.3 is 14.8 Å². The van der Waals surface area contributed by atoms with E-state index in [2.05, 4.69) is 24.4 Å². The van der Waals surface area contributed by atoms with Gasteiger partial charge in [0.15, 0.2) is 5.13 Å². The van der Waals surface area contributed by atoms with Crippen LogP contribution in [-0.2, 0) is 6.42 Å². The van der Waals surface area contributed by atoms with Gasteiger partial charge in [0.2, 0.25) is 0 Å². The minimum Gasteiger partial charge on any atom is -0.497 e. The molecule has 0 unspecified atom stereocenters. The molecule has 130 valence electrons. The number of nitrogens with zero attached hydrogens (tertiary/aromatic N) is 1. The Hall–Kier alpha value is -2.53.